The zero-order chi connectivity index (χ0) is 7.73. The molecule has 2 nitrogen and oxygen atoms in total. The molecule has 0 saturated heterocycles. The van der Waals surface area contributed by atoms with Gasteiger partial charge in [0.2, 0.25) is 0 Å². The third-order valence-electron chi connectivity index (χ3n) is 2.75. The zero-order valence-corrected chi connectivity index (χ0v) is 6.79. The van der Waals surface area contributed by atoms with Crippen LogP contribution in [-0.2, 0) is 0 Å². The number of hydrogen-bond acceptors (Lipinski definition) is 2. The number of rotatable bonds is 3. The molecule has 0 unspecified atom stereocenters. The molecule has 0 spiro atoms. The molecule has 0 radical (unpaired) electrons. The normalized spacial score (nSPS) is 27.7. The van der Waals surface area contributed by atoms with E-state index in [0.717, 1.165) is 19.6 Å². The van der Waals surface area contributed by atoms with Crippen LogP contribution in [0.4, 0.5) is 0 Å². The first kappa shape index (κ1) is 7.32. The third-order valence-corrected chi connectivity index (χ3v) is 2.75. The third kappa shape index (κ3) is 1.47. The van der Waals surface area contributed by atoms with E-state index in [-0.39, 0.29) is 0 Å². The van der Waals surface area contributed by atoms with Crippen molar-refractivity contribution < 1.29 is 5.11 Å². The van der Waals surface area contributed by atoms with Crippen LogP contribution in [-0.4, -0.2) is 36.2 Å². The molecule has 2 heteroatoms. The van der Waals surface area contributed by atoms with Gasteiger partial charge in [-0.15, -0.1) is 0 Å². The average molecular weight is 153 g/mol. The van der Waals surface area contributed by atoms with E-state index in [1.165, 1.54) is 12.8 Å². The Morgan fingerprint density at radius 1 is 1.27 bits per heavy atom. The predicted molar refractivity (Wildman–Crippen MR) is 44.3 cm³/mol. The van der Waals surface area contributed by atoms with Gasteiger partial charge in [0.05, 0.1) is 0 Å². The molecule has 0 bridgehead atoms. The lowest BCUT2D eigenvalue weighted by molar-refractivity contribution is 0.166. The van der Waals surface area contributed by atoms with Crippen molar-refractivity contribution in [1.29, 1.82) is 0 Å². The number of hydrogen-bond donors (Lipinski definition) is 1. The Bertz CT molecular complexity index is 164. The van der Waals surface area contributed by atoms with Crippen LogP contribution in [0.1, 0.15) is 12.8 Å². The first-order valence-corrected chi connectivity index (χ1v) is 4.33. The van der Waals surface area contributed by atoms with Crippen LogP contribution < -0.4 is 0 Å². The number of aliphatic hydroxyl groups excluding tert-OH is 1. The molecule has 1 N–H and O–H groups in total. The summed E-state index contributed by atoms with van der Waals surface area (Å²) in [5, 5.41) is 9.07. The van der Waals surface area contributed by atoms with Crippen LogP contribution >= 0.6 is 0 Å². The van der Waals surface area contributed by atoms with Gasteiger partial charge in [-0.2, -0.15) is 0 Å². The highest BCUT2D eigenvalue weighted by molar-refractivity contribution is 5.01. The minimum absolute atomic E-state index is 0.298. The number of nitrogens with zero attached hydrogens (tertiary/aromatic N) is 1. The maximum Gasteiger partial charge on any atom is 0.0499 e. The predicted octanol–water partition coefficient (Wildman–Crippen LogP) is 0.631. The van der Waals surface area contributed by atoms with E-state index < -0.39 is 0 Å². The molecule has 1 heterocycles. The van der Waals surface area contributed by atoms with Gasteiger partial charge >= 0.3 is 0 Å². The molecule has 0 atom stereocenters. The first-order valence-electron chi connectivity index (χ1n) is 4.33. The van der Waals surface area contributed by atoms with Gasteiger partial charge in [-0.1, -0.05) is 12.2 Å². The molecule has 1 aliphatic heterocycles. The molecule has 1 fully saturated rings. The van der Waals surface area contributed by atoms with Gasteiger partial charge in [0.1, 0.15) is 0 Å². The van der Waals surface area contributed by atoms with Crippen LogP contribution in [0.25, 0.3) is 0 Å². The summed E-state index contributed by atoms with van der Waals surface area (Å²) < 4.78 is 0. The Balaban J connectivity index is 1.81. The van der Waals surface area contributed by atoms with Gasteiger partial charge in [0.15, 0.2) is 0 Å². The van der Waals surface area contributed by atoms with Crippen molar-refractivity contribution in [2.24, 2.45) is 5.41 Å². The topological polar surface area (TPSA) is 23.5 Å². The maximum absolute atomic E-state index is 9.07. The second-order valence-electron chi connectivity index (χ2n) is 3.82. The van der Waals surface area contributed by atoms with Crippen LogP contribution in [0.5, 0.6) is 0 Å². The molecule has 2 aliphatic rings. The zero-order valence-electron chi connectivity index (χ0n) is 6.79. The second kappa shape index (κ2) is 2.61. The van der Waals surface area contributed by atoms with Crippen molar-refractivity contribution in [3.8, 4) is 0 Å². The molecular weight excluding hydrogens is 138 g/mol. The standard InChI is InChI=1S/C9H15NO/c11-8-9(3-4-9)7-10-5-1-2-6-10/h1-2,11H,3-8H2. The molecular formula is C9H15NO. The van der Waals surface area contributed by atoms with E-state index in [9.17, 15) is 0 Å². The summed E-state index contributed by atoms with van der Waals surface area (Å²) in [6.07, 6.45) is 6.85. The summed E-state index contributed by atoms with van der Waals surface area (Å²) in [6, 6.07) is 0. The molecule has 0 aromatic carbocycles. The fraction of sp³-hybridized carbons (Fsp3) is 0.778. The van der Waals surface area contributed by atoms with Crippen molar-refractivity contribution in [1.82, 2.24) is 4.90 Å². The molecule has 0 aromatic heterocycles. The van der Waals surface area contributed by atoms with Gasteiger partial charge in [0, 0.05) is 31.7 Å². The van der Waals surface area contributed by atoms with Crippen molar-refractivity contribution >= 4 is 0 Å². The molecule has 11 heavy (non-hydrogen) atoms. The van der Waals surface area contributed by atoms with Gasteiger partial charge in [-0.05, 0) is 12.8 Å². The highest BCUT2D eigenvalue weighted by atomic mass is 16.3. The lowest BCUT2D eigenvalue weighted by Gasteiger charge is -2.20. The summed E-state index contributed by atoms with van der Waals surface area (Å²) in [4.78, 5) is 2.39. The summed E-state index contributed by atoms with van der Waals surface area (Å²) in [6.45, 7) is 3.64. The fourth-order valence-electron chi connectivity index (χ4n) is 1.67. The average Bonchev–Trinajstić information content (AvgIpc) is 2.59. The lowest BCUT2D eigenvalue weighted by Crippen LogP contribution is -2.30. The fourth-order valence-corrected chi connectivity index (χ4v) is 1.67. The van der Waals surface area contributed by atoms with E-state index in [2.05, 4.69) is 17.1 Å². The monoisotopic (exact) mass is 153 g/mol. The Morgan fingerprint density at radius 3 is 2.36 bits per heavy atom. The maximum atomic E-state index is 9.07. The molecule has 1 aliphatic carbocycles. The minimum atomic E-state index is 0.298. The smallest absolute Gasteiger partial charge is 0.0499 e. The van der Waals surface area contributed by atoms with Crippen LogP contribution in [0.15, 0.2) is 12.2 Å². The summed E-state index contributed by atoms with van der Waals surface area (Å²) in [7, 11) is 0. The lowest BCUT2D eigenvalue weighted by atomic mass is 10.1. The minimum Gasteiger partial charge on any atom is -0.396 e. The molecule has 2 rings (SSSR count). The van der Waals surface area contributed by atoms with Crippen molar-refractivity contribution in [2.75, 3.05) is 26.2 Å². The van der Waals surface area contributed by atoms with Crippen molar-refractivity contribution in [2.45, 2.75) is 12.8 Å². The largest absolute Gasteiger partial charge is 0.396 e. The van der Waals surface area contributed by atoms with Gasteiger partial charge in [0.25, 0.3) is 0 Å². The van der Waals surface area contributed by atoms with Crippen LogP contribution in [0.3, 0.4) is 0 Å². The Labute approximate surface area is 67.5 Å². The van der Waals surface area contributed by atoms with Gasteiger partial charge < -0.3 is 5.11 Å². The van der Waals surface area contributed by atoms with Crippen LogP contribution in [0.2, 0.25) is 0 Å². The van der Waals surface area contributed by atoms with E-state index >= 15 is 0 Å². The first-order chi connectivity index (χ1) is 5.35. The Hall–Kier alpha value is -0.340. The molecule has 62 valence electrons. The quantitative estimate of drug-likeness (QED) is 0.601. The molecule has 0 amide bonds. The van der Waals surface area contributed by atoms with Crippen molar-refractivity contribution in [3.63, 3.8) is 0 Å². The Morgan fingerprint density at radius 2 is 1.91 bits per heavy atom. The van der Waals surface area contributed by atoms with Gasteiger partial charge in [-0.3, -0.25) is 4.90 Å². The Kier molecular flexibility index (Phi) is 1.74. The second-order valence-corrected chi connectivity index (χ2v) is 3.82. The van der Waals surface area contributed by atoms with Crippen molar-refractivity contribution in [3.05, 3.63) is 12.2 Å². The van der Waals surface area contributed by atoms with E-state index in [1.54, 1.807) is 0 Å². The summed E-state index contributed by atoms with van der Waals surface area (Å²) >= 11 is 0. The highest BCUT2D eigenvalue weighted by Gasteiger charge is 2.43. The van der Waals surface area contributed by atoms with E-state index in [0.29, 0.717) is 12.0 Å². The van der Waals surface area contributed by atoms with E-state index in [1.807, 2.05) is 0 Å². The SMILES string of the molecule is OCC1(CN2CC=CC2)CC1. The highest BCUT2D eigenvalue weighted by Crippen LogP contribution is 2.45. The molecule has 1 saturated carbocycles. The van der Waals surface area contributed by atoms with E-state index in [4.69, 9.17) is 5.11 Å². The van der Waals surface area contributed by atoms with Crippen LogP contribution in [0, 0.1) is 5.41 Å². The molecule has 0 aromatic rings. The van der Waals surface area contributed by atoms with Gasteiger partial charge in [-0.25, -0.2) is 0 Å². The number of aliphatic hydroxyl groups is 1. The summed E-state index contributed by atoms with van der Waals surface area (Å²) in [5.74, 6) is 0. The summed E-state index contributed by atoms with van der Waals surface area (Å²) in [5.41, 5.74) is 0.298.